The third-order valence-electron chi connectivity index (χ3n) is 7.23. The quantitative estimate of drug-likeness (QED) is 0.257. The number of hydrogen-bond donors (Lipinski definition) is 0. The zero-order valence-corrected chi connectivity index (χ0v) is 19.5. The summed E-state index contributed by atoms with van der Waals surface area (Å²) in [5.41, 5.74) is 9.78. The van der Waals surface area contributed by atoms with E-state index in [9.17, 15) is 0 Å². The number of para-hydroxylation sites is 2. The Labute approximate surface area is 206 Å². The summed E-state index contributed by atoms with van der Waals surface area (Å²) in [5.74, 6) is 0. The van der Waals surface area contributed by atoms with Gasteiger partial charge < -0.3 is 13.2 Å². The largest absolute Gasteiger partial charge is 0.455 e. The smallest absolute Gasteiger partial charge is 0.147 e. The SMILES string of the molecule is Cc1c(-c2ccc(-c3cc4c5ccccc5oc4c4c3oc3ccccc34)cc2)nc2ccccn12. The molecule has 0 spiro atoms. The van der Waals surface area contributed by atoms with Crippen LogP contribution in [0.5, 0.6) is 0 Å². The van der Waals surface area contributed by atoms with Gasteiger partial charge in [0.05, 0.1) is 11.1 Å². The molecule has 8 rings (SSSR count). The Kier molecular flexibility index (Phi) is 3.84. The molecule has 170 valence electrons. The molecule has 4 nitrogen and oxygen atoms in total. The van der Waals surface area contributed by atoms with Crippen molar-refractivity contribution >= 4 is 49.5 Å². The van der Waals surface area contributed by atoms with E-state index in [1.807, 2.05) is 48.5 Å². The Morgan fingerprint density at radius 1 is 0.639 bits per heavy atom. The van der Waals surface area contributed by atoms with Crippen molar-refractivity contribution in [2.75, 3.05) is 0 Å². The molecule has 0 bridgehead atoms. The Morgan fingerprint density at radius 3 is 2.11 bits per heavy atom. The molecule has 4 aromatic heterocycles. The number of fused-ring (bicyclic) bond motifs is 8. The van der Waals surface area contributed by atoms with Gasteiger partial charge >= 0.3 is 0 Å². The van der Waals surface area contributed by atoms with Crippen molar-refractivity contribution in [1.82, 2.24) is 9.38 Å². The Morgan fingerprint density at radius 2 is 1.31 bits per heavy atom. The van der Waals surface area contributed by atoms with Gasteiger partial charge in [0.1, 0.15) is 28.0 Å². The van der Waals surface area contributed by atoms with Gasteiger partial charge in [-0.15, -0.1) is 0 Å². The predicted octanol–water partition coefficient (Wildman–Crippen LogP) is 8.78. The molecule has 0 radical (unpaired) electrons. The molecule has 8 aromatic rings. The first-order valence-electron chi connectivity index (χ1n) is 12.1. The maximum Gasteiger partial charge on any atom is 0.147 e. The molecule has 0 N–H and O–H groups in total. The third-order valence-corrected chi connectivity index (χ3v) is 7.23. The van der Waals surface area contributed by atoms with Crippen molar-refractivity contribution < 1.29 is 8.83 Å². The first kappa shape index (κ1) is 19.5. The van der Waals surface area contributed by atoms with E-state index in [1.54, 1.807) is 0 Å². The molecule has 0 atom stereocenters. The van der Waals surface area contributed by atoms with Crippen molar-refractivity contribution in [3.8, 4) is 22.4 Å². The molecule has 0 amide bonds. The molecule has 4 heterocycles. The summed E-state index contributed by atoms with van der Waals surface area (Å²) in [7, 11) is 0. The maximum absolute atomic E-state index is 6.44. The number of aromatic nitrogens is 2. The van der Waals surface area contributed by atoms with Crippen LogP contribution in [-0.2, 0) is 0 Å². The molecule has 0 aliphatic carbocycles. The molecule has 4 aromatic carbocycles. The third kappa shape index (κ3) is 2.61. The minimum atomic E-state index is 0.847. The number of hydrogen-bond acceptors (Lipinski definition) is 3. The maximum atomic E-state index is 6.44. The Balaban J connectivity index is 1.39. The van der Waals surface area contributed by atoms with Gasteiger partial charge in [0, 0.05) is 39.2 Å². The summed E-state index contributed by atoms with van der Waals surface area (Å²) < 4.78 is 14.9. The summed E-state index contributed by atoms with van der Waals surface area (Å²) in [6.07, 6.45) is 2.05. The lowest BCUT2D eigenvalue weighted by molar-refractivity contribution is 0.663. The van der Waals surface area contributed by atoms with Crippen molar-refractivity contribution in [2.24, 2.45) is 0 Å². The van der Waals surface area contributed by atoms with Crippen molar-refractivity contribution in [1.29, 1.82) is 0 Å². The highest BCUT2D eigenvalue weighted by molar-refractivity contribution is 6.25. The van der Waals surface area contributed by atoms with Crippen LogP contribution >= 0.6 is 0 Å². The van der Waals surface area contributed by atoms with E-state index < -0.39 is 0 Å². The predicted molar refractivity (Wildman–Crippen MR) is 145 cm³/mol. The van der Waals surface area contributed by atoms with Gasteiger partial charge in [-0.1, -0.05) is 66.7 Å². The Hall–Kier alpha value is -4.83. The van der Waals surface area contributed by atoms with Crippen LogP contribution in [0, 0.1) is 6.92 Å². The standard InChI is InChI=1S/C32H20N2O2/c1-19-30(33-28-12-6-7-17-34(19)28)21-15-13-20(14-16-21)24-18-25-22-8-2-4-10-26(22)35-32(25)29-23-9-3-5-11-27(23)36-31(24)29/h2-18H,1H3. The van der Waals surface area contributed by atoms with Gasteiger partial charge in [0.25, 0.3) is 0 Å². The summed E-state index contributed by atoms with van der Waals surface area (Å²) in [6.45, 7) is 2.11. The lowest BCUT2D eigenvalue weighted by Gasteiger charge is -2.06. The number of furan rings is 2. The number of pyridine rings is 1. The number of imidazole rings is 1. The van der Waals surface area contributed by atoms with Crippen LogP contribution in [0.25, 0.3) is 71.9 Å². The normalized spacial score (nSPS) is 12.0. The molecule has 0 saturated heterocycles. The molecule has 0 saturated carbocycles. The van der Waals surface area contributed by atoms with E-state index in [0.717, 1.165) is 77.6 Å². The van der Waals surface area contributed by atoms with Gasteiger partial charge in [-0.2, -0.15) is 0 Å². The Bertz CT molecular complexity index is 2110. The first-order valence-corrected chi connectivity index (χ1v) is 12.1. The van der Waals surface area contributed by atoms with E-state index in [-0.39, 0.29) is 0 Å². The molecule has 0 aliphatic rings. The van der Waals surface area contributed by atoms with E-state index in [2.05, 4.69) is 66.1 Å². The second kappa shape index (κ2) is 7.09. The van der Waals surface area contributed by atoms with Crippen LogP contribution in [-0.4, -0.2) is 9.38 Å². The van der Waals surface area contributed by atoms with Gasteiger partial charge in [-0.25, -0.2) is 4.98 Å². The zero-order chi connectivity index (χ0) is 23.8. The van der Waals surface area contributed by atoms with Gasteiger partial charge in [0.2, 0.25) is 0 Å². The molecule has 0 fully saturated rings. The number of aryl methyl sites for hydroxylation is 1. The monoisotopic (exact) mass is 464 g/mol. The van der Waals surface area contributed by atoms with Crippen LogP contribution in [0.15, 0.2) is 112 Å². The molecule has 0 unspecified atom stereocenters. The number of rotatable bonds is 2. The highest BCUT2D eigenvalue weighted by atomic mass is 16.3. The van der Waals surface area contributed by atoms with E-state index in [1.165, 1.54) is 0 Å². The fraction of sp³-hybridized carbons (Fsp3) is 0.0312. The van der Waals surface area contributed by atoms with E-state index >= 15 is 0 Å². The molecule has 4 heteroatoms. The fourth-order valence-electron chi connectivity index (χ4n) is 5.48. The van der Waals surface area contributed by atoms with E-state index in [0.29, 0.717) is 0 Å². The van der Waals surface area contributed by atoms with Crippen molar-refractivity contribution in [3.63, 3.8) is 0 Å². The van der Waals surface area contributed by atoms with Crippen molar-refractivity contribution in [3.05, 3.63) is 109 Å². The molecule has 0 aliphatic heterocycles. The van der Waals surface area contributed by atoms with Crippen LogP contribution < -0.4 is 0 Å². The molecule has 36 heavy (non-hydrogen) atoms. The van der Waals surface area contributed by atoms with Crippen LogP contribution in [0.1, 0.15) is 5.69 Å². The summed E-state index contributed by atoms with van der Waals surface area (Å²) >= 11 is 0. The molecular formula is C32H20N2O2. The first-order chi connectivity index (χ1) is 17.8. The summed E-state index contributed by atoms with van der Waals surface area (Å²) in [5, 5.41) is 4.29. The van der Waals surface area contributed by atoms with Gasteiger partial charge in [-0.05, 0) is 42.8 Å². The average molecular weight is 465 g/mol. The van der Waals surface area contributed by atoms with Crippen LogP contribution in [0.4, 0.5) is 0 Å². The lowest BCUT2D eigenvalue weighted by atomic mass is 9.97. The minimum Gasteiger partial charge on any atom is -0.455 e. The van der Waals surface area contributed by atoms with Crippen LogP contribution in [0.2, 0.25) is 0 Å². The highest BCUT2D eigenvalue weighted by Gasteiger charge is 2.20. The van der Waals surface area contributed by atoms with Crippen molar-refractivity contribution in [2.45, 2.75) is 6.92 Å². The highest BCUT2D eigenvalue weighted by Crippen LogP contribution is 2.44. The second-order valence-electron chi connectivity index (χ2n) is 9.25. The van der Waals surface area contributed by atoms with E-state index in [4.69, 9.17) is 13.8 Å². The number of nitrogens with zero attached hydrogens (tertiary/aromatic N) is 2. The van der Waals surface area contributed by atoms with Gasteiger partial charge in [0.15, 0.2) is 0 Å². The zero-order valence-electron chi connectivity index (χ0n) is 19.5. The molecular weight excluding hydrogens is 444 g/mol. The summed E-state index contributed by atoms with van der Waals surface area (Å²) in [4.78, 5) is 4.86. The summed E-state index contributed by atoms with van der Waals surface area (Å²) in [6, 6.07) is 33.3. The average Bonchev–Trinajstić information content (AvgIpc) is 3.60. The van der Waals surface area contributed by atoms with Crippen LogP contribution in [0.3, 0.4) is 0 Å². The number of benzene rings is 4. The van der Waals surface area contributed by atoms with Gasteiger partial charge in [-0.3, -0.25) is 0 Å². The topological polar surface area (TPSA) is 43.6 Å². The fourth-order valence-corrected chi connectivity index (χ4v) is 5.48. The lowest BCUT2D eigenvalue weighted by Crippen LogP contribution is -1.86. The minimum absolute atomic E-state index is 0.847. The second-order valence-corrected chi connectivity index (χ2v) is 9.25.